The summed E-state index contributed by atoms with van der Waals surface area (Å²) in [6.45, 7) is 0. The normalized spacial score (nSPS) is 10.5. The SMILES string of the molecule is O=CNc1cc(-c2ccc(O)cc2O)nn1-c1ccc(Br)cc1. The first-order chi connectivity index (χ1) is 11.1. The Hall–Kier alpha value is -2.80. The first kappa shape index (κ1) is 15.1. The fraction of sp³-hybridized carbons (Fsp3) is 0. The second kappa shape index (κ2) is 6.13. The second-order valence-electron chi connectivity index (χ2n) is 4.77. The molecule has 0 spiro atoms. The Kier molecular flexibility index (Phi) is 4.03. The van der Waals surface area contributed by atoms with Gasteiger partial charge in [0.05, 0.1) is 11.4 Å². The zero-order valence-corrected chi connectivity index (χ0v) is 13.4. The van der Waals surface area contributed by atoms with Crippen molar-refractivity contribution >= 4 is 28.2 Å². The van der Waals surface area contributed by atoms with E-state index in [4.69, 9.17) is 0 Å². The van der Waals surface area contributed by atoms with Gasteiger partial charge < -0.3 is 15.5 Å². The van der Waals surface area contributed by atoms with Crippen LogP contribution >= 0.6 is 15.9 Å². The van der Waals surface area contributed by atoms with Gasteiger partial charge in [-0.05, 0) is 36.4 Å². The molecule has 0 radical (unpaired) electrons. The Balaban J connectivity index is 2.11. The number of nitrogens with zero attached hydrogens (tertiary/aromatic N) is 2. The van der Waals surface area contributed by atoms with Gasteiger partial charge in [0.25, 0.3) is 0 Å². The van der Waals surface area contributed by atoms with E-state index in [-0.39, 0.29) is 11.5 Å². The van der Waals surface area contributed by atoms with Crippen LogP contribution in [0.5, 0.6) is 11.5 Å². The van der Waals surface area contributed by atoms with Gasteiger partial charge in [0.2, 0.25) is 6.41 Å². The summed E-state index contributed by atoms with van der Waals surface area (Å²) < 4.78 is 2.48. The molecule has 3 rings (SSSR count). The molecule has 1 heterocycles. The highest BCUT2D eigenvalue weighted by Gasteiger charge is 2.14. The average Bonchev–Trinajstić information content (AvgIpc) is 2.92. The third-order valence-corrected chi connectivity index (χ3v) is 3.77. The minimum atomic E-state index is -0.0943. The van der Waals surface area contributed by atoms with Gasteiger partial charge in [0.15, 0.2) is 0 Å². The molecule has 0 aliphatic carbocycles. The summed E-state index contributed by atoms with van der Waals surface area (Å²) in [5, 5.41) is 26.4. The molecular weight excluding hydrogens is 362 g/mol. The van der Waals surface area contributed by atoms with Gasteiger partial charge in [-0.1, -0.05) is 15.9 Å². The van der Waals surface area contributed by atoms with Gasteiger partial charge in [-0.15, -0.1) is 0 Å². The van der Waals surface area contributed by atoms with Crippen molar-refractivity contribution in [2.75, 3.05) is 5.32 Å². The number of anilines is 1. The molecule has 1 amide bonds. The zero-order chi connectivity index (χ0) is 16.4. The quantitative estimate of drug-likeness (QED) is 0.612. The van der Waals surface area contributed by atoms with E-state index >= 15 is 0 Å². The zero-order valence-electron chi connectivity index (χ0n) is 11.8. The number of halogens is 1. The molecule has 0 fully saturated rings. The van der Waals surface area contributed by atoms with Crippen molar-refractivity contribution in [1.29, 1.82) is 0 Å². The fourth-order valence-corrected chi connectivity index (χ4v) is 2.46. The fourth-order valence-electron chi connectivity index (χ4n) is 2.19. The van der Waals surface area contributed by atoms with E-state index in [1.807, 2.05) is 24.3 Å². The van der Waals surface area contributed by atoms with E-state index in [1.54, 1.807) is 16.8 Å². The maximum absolute atomic E-state index is 10.8. The Labute approximate surface area is 140 Å². The molecule has 23 heavy (non-hydrogen) atoms. The summed E-state index contributed by atoms with van der Waals surface area (Å²) in [7, 11) is 0. The minimum Gasteiger partial charge on any atom is -0.508 e. The van der Waals surface area contributed by atoms with Crippen LogP contribution in [0.3, 0.4) is 0 Å². The molecule has 116 valence electrons. The van der Waals surface area contributed by atoms with Crippen molar-refractivity contribution < 1.29 is 15.0 Å². The lowest BCUT2D eigenvalue weighted by atomic mass is 10.1. The van der Waals surface area contributed by atoms with Gasteiger partial charge in [-0.25, -0.2) is 4.68 Å². The van der Waals surface area contributed by atoms with E-state index in [2.05, 4.69) is 26.3 Å². The molecule has 3 N–H and O–H groups in total. The summed E-state index contributed by atoms with van der Waals surface area (Å²) >= 11 is 3.37. The highest BCUT2D eigenvalue weighted by molar-refractivity contribution is 9.10. The van der Waals surface area contributed by atoms with E-state index in [0.717, 1.165) is 10.2 Å². The number of phenolic OH excluding ortho intramolecular Hbond substituents is 2. The molecule has 0 unspecified atom stereocenters. The number of phenols is 2. The number of hydrogen-bond donors (Lipinski definition) is 3. The third kappa shape index (κ3) is 3.04. The predicted molar refractivity (Wildman–Crippen MR) is 89.7 cm³/mol. The molecule has 0 aliphatic heterocycles. The summed E-state index contributed by atoms with van der Waals surface area (Å²) in [5.41, 5.74) is 1.67. The highest BCUT2D eigenvalue weighted by atomic mass is 79.9. The van der Waals surface area contributed by atoms with Gasteiger partial charge in [0, 0.05) is 22.2 Å². The molecule has 0 bridgehead atoms. The molecule has 6 nitrogen and oxygen atoms in total. The van der Waals surface area contributed by atoms with Crippen LogP contribution in [0.15, 0.2) is 53.0 Å². The molecule has 0 aliphatic rings. The van der Waals surface area contributed by atoms with Crippen molar-refractivity contribution in [3.8, 4) is 28.4 Å². The third-order valence-electron chi connectivity index (χ3n) is 3.24. The van der Waals surface area contributed by atoms with Crippen LogP contribution < -0.4 is 5.32 Å². The van der Waals surface area contributed by atoms with Crippen LogP contribution in [0, 0.1) is 0 Å². The van der Waals surface area contributed by atoms with Crippen molar-refractivity contribution in [2.24, 2.45) is 0 Å². The summed E-state index contributed by atoms with van der Waals surface area (Å²) in [6.07, 6.45) is 0.562. The second-order valence-corrected chi connectivity index (χ2v) is 5.68. The van der Waals surface area contributed by atoms with Crippen LogP contribution in [-0.2, 0) is 4.79 Å². The number of nitrogens with one attached hydrogen (secondary N) is 1. The summed E-state index contributed by atoms with van der Waals surface area (Å²) in [6, 6.07) is 13.3. The van der Waals surface area contributed by atoms with Crippen LogP contribution in [0.25, 0.3) is 16.9 Å². The molecule has 2 aromatic carbocycles. The number of aromatic nitrogens is 2. The van der Waals surface area contributed by atoms with Gasteiger partial charge >= 0.3 is 0 Å². The summed E-state index contributed by atoms with van der Waals surface area (Å²) in [4.78, 5) is 10.8. The van der Waals surface area contributed by atoms with Crippen LogP contribution in [0.4, 0.5) is 5.82 Å². The van der Waals surface area contributed by atoms with Crippen molar-refractivity contribution in [3.63, 3.8) is 0 Å². The maximum atomic E-state index is 10.8. The monoisotopic (exact) mass is 373 g/mol. The first-order valence-electron chi connectivity index (χ1n) is 6.67. The van der Waals surface area contributed by atoms with Crippen molar-refractivity contribution in [2.45, 2.75) is 0 Å². The van der Waals surface area contributed by atoms with Crippen molar-refractivity contribution in [3.05, 3.63) is 53.0 Å². The molecule has 1 aromatic heterocycles. The Morgan fingerprint density at radius 2 is 1.83 bits per heavy atom. The Morgan fingerprint density at radius 1 is 1.09 bits per heavy atom. The number of amides is 1. The summed E-state index contributed by atoms with van der Waals surface area (Å²) in [5.74, 6) is 0.331. The van der Waals surface area contributed by atoms with Gasteiger partial charge in [-0.3, -0.25) is 4.79 Å². The Bertz CT molecular complexity index is 860. The van der Waals surface area contributed by atoms with E-state index in [0.29, 0.717) is 23.5 Å². The average molecular weight is 374 g/mol. The lowest BCUT2D eigenvalue weighted by Gasteiger charge is -2.06. The number of hydrogen-bond acceptors (Lipinski definition) is 4. The maximum Gasteiger partial charge on any atom is 0.212 e. The van der Waals surface area contributed by atoms with Gasteiger partial charge in [0.1, 0.15) is 17.3 Å². The largest absolute Gasteiger partial charge is 0.508 e. The van der Waals surface area contributed by atoms with E-state index in [9.17, 15) is 15.0 Å². The minimum absolute atomic E-state index is 0.0372. The number of carbonyl (C=O) groups excluding carboxylic acids is 1. The lowest BCUT2D eigenvalue weighted by molar-refractivity contribution is -0.105. The highest BCUT2D eigenvalue weighted by Crippen LogP contribution is 2.33. The number of benzene rings is 2. The van der Waals surface area contributed by atoms with Crippen molar-refractivity contribution in [1.82, 2.24) is 9.78 Å². The van der Waals surface area contributed by atoms with Crippen LogP contribution in [0.2, 0.25) is 0 Å². The number of carbonyl (C=O) groups is 1. The van der Waals surface area contributed by atoms with Gasteiger partial charge in [-0.2, -0.15) is 5.10 Å². The molecular formula is C16H12BrN3O3. The number of rotatable bonds is 4. The Morgan fingerprint density at radius 3 is 2.48 bits per heavy atom. The topological polar surface area (TPSA) is 87.4 Å². The van der Waals surface area contributed by atoms with E-state index in [1.165, 1.54) is 12.1 Å². The van der Waals surface area contributed by atoms with Crippen LogP contribution in [0.1, 0.15) is 0 Å². The standard InChI is InChI=1S/C16H12BrN3O3/c17-10-1-3-11(4-2-10)20-16(18-9-21)8-14(19-20)13-6-5-12(22)7-15(13)23/h1-9,22-23H,(H,18,21). The first-order valence-corrected chi connectivity index (χ1v) is 7.46. The number of aromatic hydroxyl groups is 2. The molecule has 7 heteroatoms. The van der Waals surface area contributed by atoms with Crippen LogP contribution in [-0.4, -0.2) is 26.4 Å². The predicted octanol–water partition coefficient (Wildman–Crippen LogP) is 3.28. The molecule has 0 atom stereocenters. The molecule has 3 aromatic rings. The molecule has 0 saturated carbocycles. The van der Waals surface area contributed by atoms with E-state index < -0.39 is 0 Å². The smallest absolute Gasteiger partial charge is 0.212 e. The molecule has 0 saturated heterocycles. The lowest BCUT2D eigenvalue weighted by Crippen LogP contribution is -2.04.